The van der Waals surface area contributed by atoms with Crippen molar-refractivity contribution in [3.63, 3.8) is 0 Å². The zero-order valence-corrected chi connectivity index (χ0v) is 8.08. The summed E-state index contributed by atoms with van der Waals surface area (Å²) < 4.78 is 0. The number of aryl methyl sites for hydroxylation is 1. The van der Waals surface area contributed by atoms with Gasteiger partial charge in [0.15, 0.2) is 0 Å². The summed E-state index contributed by atoms with van der Waals surface area (Å²) in [7, 11) is 0. The normalized spacial score (nSPS) is 8.60. The van der Waals surface area contributed by atoms with Crippen LogP contribution in [0, 0.1) is 6.92 Å². The Bertz CT molecular complexity index is 203. The number of alkyl halides is 1. The molecule has 0 N–H and O–H groups in total. The van der Waals surface area contributed by atoms with Crippen molar-refractivity contribution in [3.05, 3.63) is 29.6 Å². The molecule has 0 unspecified atom stereocenters. The lowest BCUT2D eigenvalue weighted by atomic mass is 10.3. The van der Waals surface area contributed by atoms with Crippen LogP contribution in [0.2, 0.25) is 0 Å². The molecule has 56 valence electrons. The van der Waals surface area contributed by atoms with Crippen LogP contribution in [0.1, 0.15) is 11.4 Å². The van der Waals surface area contributed by atoms with Gasteiger partial charge in [0.1, 0.15) is 0 Å². The third-order valence-electron chi connectivity index (χ3n) is 1.08. The van der Waals surface area contributed by atoms with Gasteiger partial charge in [-0.15, -0.1) is 12.4 Å². The predicted molar refractivity (Wildman–Crippen MR) is 48.9 cm³/mol. The molecule has 0 saturated heterocycles. The number of hydrogen-bond donors (Lipinski definition) is 0. The van der Waals surface area contributed by atoms with Crippen LogP contribution in [-0.2, 0) is 5.33 Å². The molecule has 0 aliphatic heterocycles. The van der Waals surface area contributed by atoms with Crippen molar-refractivity contribution < 1.29 is 0 Å². The van der Waals surface area contributed by atoms with Crippen molar-refractivity contribution in [2.75, 3.05) is 0 Å². The smallest absolute Gasteiger partial charge is 0.0512 e. The van der Waals surface area contributed by atoms with Crippen LogP contribution in [-0.4, -0.2) is 4.98 Å². The van der Waals surface area contributed by atoms with Crippen molar-refractivity contribution in [2.45, 2.75) is 12.3 Å². The number of nitrogens with zero attached hydrogens (tertiary/aromatic N) is 1. The summed E-state index contributed by atoms with van der Waals surface area (Å²) in [6.07, 6.45) is 0. The SMILES string of the molecule is Cc1cccc(CBr)n1.Cl. The Morgan fingerprint density at radius 2 is 2.20 bits per heavy atom. The molecule has 1 aromatic heterocycles. The first kappa shape index (κ1) is 9.92. The Labute approximate surface area is 75.4 Å². The summed E-state index contributed by atoms with van der Waals surface area (Å²) in [5, 5.41) is 0.842. The van der Waals surface area contributed by atoms with Crippen molar-refractivity contribution in [3.8, 4) is 0 Å². The van der Waals surface area contributed by atoms with Crippen LogP contribution in [0.25, 0.3) is 0 Å². The third kappa shape index (κ3) is 2.67. The fourth-order valence-corrected chi connectivity index (χ4v) is 0.986. The van der Waals surface area contributed by atoms with E-state index in [0.29, 0.717) is 0 Å². The van der Waals surface area contributed by atoms with Crippen molar-refractivity contribution in [2.24, 2.45) is 0 Å². The summed E-state index contributed by atoms with van der Waals surface area (Å²) in [6.45, 7) is 1.99. The zero-order valence-electron chi connectivity index (χ0n) is 5.67. The molecule has 0 amide bonds. The monoisotopic (exact) mass is 221 g/mol. The van der Waals surface area contributed by atoms with Gasteiger partial charge in [0.2, 0.25) is 0 Å². The number of pyridine rings is 1. The lowest BCUT2D eigenvalue weighted by Gasteiger charge is -1.93. The molecule has 1 aromatic rings. The Hall–Kier alpha value is -0.0800. The molecule has 0 aromatic carbocycles. The molecule has 1 rings (SSSR count). The van der Waals surface area contributed by atoms with Gasteiger partial charge in [0.25, 0.3) is 0 Å². The van der Waals surface area contributed by atoms with Gasteiger partial charge in [0, 0.05) is 11.0 Å². The molecule has 0 bridgehead atoms. The second kappa shape index (κ2) is 4.69. The van der Waals surface area contributed by atoms with E-state index in [1.807, 2.05) is 25.1 Å². The molecule has 0 aliphatic rings. The molecule has 0 fully saturated rings. The van der Waals surface area contributed by atoms with Gasteiger partial charge in [-0.1, -0.05) is 22.0 Å². The second-order valence-electron chi connectivity index (χ2n) is 1.90. The van der Waals surface area contributed by atoms with Crippen LogP contribution in [0.3, 0.4) is 0 Å². The minimum Gasteiger partial charge on any atom is -0.257 e. The molecule has 0 aliphatic carbocycles. The van der Waals surface area contributed by atoms with Gasteiger partial charge in [-0.2, -0.15) is 0 Å². The summed E-state index contributed by atoms with van der Waals surface area (Å²) >= 11 is 3.33. The van der Waals surface area contributed by atoms with E-state index in [4.69, 9.17) is 0 Å². The fourth-order valence-electron chi connectivity index (χ4n) is 0.674. The van der Waals surface area contributed by atoms with Gasteiger partial charge in [-0.25, -0.2) is 0 Å². The predicted octanol–water partition coefficient (Wildman–Crippen LogP) is 2.71. The summed E-state index contributed by atoms with van der Waals surface area (Å²) in [5.74, 6) is 0. The molecule has 10 heavy (non-hydrogen) atoms. The molecule has 0 saturated carbocycles. The first-order valence-electron chi connectivity index (χ1n) is 2.81. The maximum atomic E-state index is 4.24. The van der Waals surface area contributed by atoms with E-state index in [-0.39, 0.29) is 12.4 Å². The Kier molecular flexibility index (Phi) is 4.65. The number of halogens is 2. The fraction of sp³-hybridized carbons (Fsp3) is 0.286. The van der Waals surface area contributed by atoms with E-state index in [0.717, 1.165) is 16.7 Å². The molecule has 0 radical (unpaired) electrons. The lowest BCUT2D eigenvalue weighted by molar-refractivity contribution is 1.11. The van der Waals surface area contributed by atoms with Crippen LogP contribution >= 0.6 is 28.3 Å². The maximum Gasteiger partial charge on any atom is 0.0512 e. The topological polar surface area (TPSA) is 12.9 Å². The Morgan fingerprint density at radius 3 is 2.60 bits per heavy atom. The van der Waals surface area contributed by atoms with Crippen molar-refractivity contribution >= 4 is 28.3 Å². The second-order valence-corrected chi connectivity index (χ2v) is 2.46. The highest BCUT2D eigenvalue weighted by atomic mass is 79.9. The molecule has 0 spiro atoms. The van der Waals surface area contributed by atoms with Gasteiger partial charge in [-0.3, -0.25) is 4.98 Å². The van der Waals surface area contributed by atoms with Gasteiger partial charge in [0.05, 0.1) is 5.69 Å². The van der Waals surface area contributed by atoms with Crippen molar-refractivity contribution in [1.82, 2.24) is 4.98 Å². The molecule has 1 heterocycles. The number of rotatable bonds is 1. The van der Waals surface area contributed by atoms with Gasteiger partial charge >= 0.3 is 0 Å². The largest absolute Gasteiger partial charge is 0.257 e. The zero-order chi connectivity index (χ0) is 6.69. The summed E-state index contributed by atoms with van der Waals surface area (Å²) in [4.78, 5) is 4.24. The standard InChI is InChI=1S/C7H8BrN.ClH/c1-6-3-2-4-7(5-8)9-6;/h2-4H,5H2,1H3;1H. The average molecular weight is 223 g/mol. The van der Waals surface area contributed by atoms with E-state index in [1.54, 1.807) is 0 Å². The lowest BCUT2D eigenvalue weighted by Crippen LogP contribution is -1.85. The minimum absolute atomic E-state index is 0. The third-order valence-corrected chi connectivity index (χ3v) is 1.66. The quantitative estimate of drug-likeness (QED) is 0.666. The van der Waals surface area contributed by atoms with E-state index in [9.17, 15) is 0 Å². The number of hydrogen-bond acceptors (Lipinski definition) is 1. The van der Waals surface area contributed by atoms with Crippen LogP contribution in [0.4, 0.5) is 0 Å². The maximum absolute atomic E-state index is 4.24. The van der Waals surface area contributed by atoms with E-state index < -0.39 is 0 Å². The molecule has 0 atom stereocenters. The number of aromatic nitrogens is 1. The van der Waals surface area contributed by atoms with E-state index in [2.05, 4.69) is 20.9 Å². The van der Waals surface area contributed by atoms with Crippen molar-refractivity contribution in [1.29, 1.82) is 0 Å². The highest BCUT2D eigenvalue weighted by molar-refractivity contribution is 9.08. The van der Waals surface area contributed by atoms with Crippen LogP contribution in [0.5, 0.6) is 0 Å². The van der Waals surface area contributed by atoms with E-state index in [1.165, 1.54) is 0 Å². The molecular formula is C7H9BrClN. The Balaban J connectivity index is 0.000000810. The van der Waals surface area contributed by atoms with Crippen LogP contribution in [0.15, 0.2) is 18.2 Å². The molecular weight excluding hydrogens is 213 g/mol. The van der Waals surface area contributed by atoms with E-state index >= 15 is 0 Å². The highest BCUT2D eigenvalue weighted by Crippen LogP contribution is 2.01. The average Bonchev–Trinajstić information content (AvgIpc) is 1.88. The van der Waals surface area contributed by atoms with Crippen LogP contribution < -0.4 is 0 Å². The first-order chi connectivity index (χ1) is 4.33. The van der Waals surface area contributed by atoms with Gasteiger partial charge in [-0.05, 0) is 19.1 Å². The Morgan fingerprint density at radius 1 is 1.50 bits per heavy atom. The molecule has 3 heteroatoms. The summed E-state index contributed by atoms with van der Waals surface area (Å²) in [5.41, 5.74) is 2.17. The first-order valence-corrected chi connectivity index (χ1v) is 3.93. The molecule has 1 nitrogen and oxygen atoms in total. The highest BCUT2D eigenvalue weighted by Gasteiger charge is 1.88. The minimum atomic E-state index is 0. The summed E-state index contributed by atoms with van der Waals surface area (Å²) in [6, 6.07) is 6.01. The van der Waals surface area contributed by atoms with Gasteiger partial charge < -0.3 is 0 Å².